The van der Waals surface area contributed by atoms with Crippen molar-refractivity contribution in [1.82, 2.24) is 0 Å². The highest BCUT2D eigenvalue weighted by Gasteiger charge is 2.33. The summed E-state index contributed by atoms with van der Waals surface area (Å²) in [4.78, 5) is 0. The van der Waals surface area contributed by atoms with Gasteiger partial charge in [0.1, 0.15) is 6.10 Å². The van der Waals surface area contributed by atoms with Crippen molar-refractivity contribution in [2.45, 2.75) is 52.2 Å². The average Bonchev–Trinajstić information content (AvgIpc) is 2.50. The van der Waals surface area contributed by atoms with Crippen LogP contribution in [0.1, 0.15) is 51.7 Å². The smallest absolute Gasteiger partial charge is 0.184 e. The molecule has 130 valence electrons. The number of anilines is 1. The molecule has 1 fully saturated rings. The Bertz CT molecular complexity index is 533. The second kappa shape index (κ2) is 7.41. The molecule has 0 spiro atoms. The summed E-state index contributed by atoms with van der Waals surface area (Å²) in [6.07, 6.45) is 2.44. The van der Waals surface area contributed by atoms with Crippen LogP contribution >= 0.6 is 0 Å². The minimum Gasteiger partial charge on any atom is -0.504 e. The fourth-order valence-corrected chi connectivity index (χ4v) is 3.55. The number of aliphatic hydroxyl groups is 1. The largest absolute Gasteiger partial charge is 0.504 e. The maximum Gasteiger partial charge on any atom is 0.184 e. The van der Waals surface area contributed by atoms with Crippen molar-refractivity contribution >= 4 is 5.69 Å². The van der Waals surface area contributed by atoms with Gasteiger partial charge in [0.05, 0.1) is 11.8 Å². The molecule has 5 heteroatoms. The Labute approximate surface area is 138 Å². The van der Waals surface area contributed by atoms with Crippen LogP contribution in [-0.2, 0) is 0 Å². The second-order valence-corrected chi connectivity index (χ2v) is 7.15. The number of aliphatic hydroxyl groups excluding tert-OH is 1. The van der Waals surface area contributed by atoms with Crippen molar-refractivity contribution in [2.24, 2.45) is 23.5 Å². The zero-order valence-corrected chi connectivity index (χ0v) is 14.3. The standard InChI is InChI=1S/C18H30N2O3/c1-10(2)12-5-4-11(3)8-16(12)23-18-14(21)7-6-13(17(18)20)15(22)9-19/h6-7,10-12,15-16,21-22H,4-5,8-9,19-20H2,1-3H3/t11-,12-,15-,16-/m1/s1. The van der Waals surface area contributed by atoms with E-state index in [1.165, 1.54) is 12.5 Å². The molecule has 0 amide bonds. The topological polar surface area (TPSA) is 102 Å². The highest BCUT2D eigenvalue weighted by molar-refractivity contribution is 5.65. The van der Waals surface area contributed by atoms with Gasteiger partial charge in [-0.05, 0) is 36.7 Å². The third-order valence-electron chi connectivity index (χ3n) is 5.02. The molecule has 0 unspecified atom stereocenters. The molecule has 0 aliphatic heterocycles. The van der Waals surface area contributed by atoms with Crippen LogP contribution in [0.2, 0.25) is 0 Å². The lowest BCUT2D eigenvalue weighted by atomic mass is 9.75. The summed E-state index contributed by atoms with van der Waals surface area (Å²) in [5, 5.41) is 20.1. The number of ether oxygens (including phenoxy) is 1. The third kappa shape index (κ3) is 3.90. The summed E-state index contributed by atoms with van der Waals surface area (Å²) in [7, 11) is 0. The SMILES string of the molecule is CC(C)[C@H]1CC[C@@H](C)C[C@H]1Oc1c(O)ccc([C@H](O)CN)c1N. The predicted octanol–water partition coefficient (Wildman–Crippen LogP) is 2.81. The summed E-state index contributed by atoms with van der Waals surface area (Å²) >= 11 is 0. The van der Waals surface area contributed by atoms with Gasteiger partial charge in [-0.2, -0.15) is 0 Å². The number of nitrogen functional groups attached to an aromatic ring is 1. The number of nitrogens with two attached hydrogens (primary N) is 2. The normalized spacial score (nSPS) is 26.3. The van der Waals surface area contributed by atoms with Crippen LogP contribution in [0.15, 0.2) is 12.1 Å². The molecular formula is C18H30N2O3. The number of benzene rings is 1. The highest BCUT2D eigenvalue weighted by Crippen LogP contribution is 2.42. The first-order valence-electron chi connectivity index (χ1n) is 8.51. The van der Waals surface area contributed by atoms with Crippen LogP contribution in [-0.4, -0.2) is 22.9 Å². The molecule has 23 heavy (non-hydrogen) atoms. The van der Waals surface area contributed by atoms with E-state index in [1.54, 1.807) is 6.07 Å². The number of hydrogen-bond donors (Lipinski definition) is 4. The first-order chi connectivity index (χ1) is 10.8. The van der Waals surface area contributed by atoms with E-state index in [0.29, 0.717) is 23.3 Å². The molecule has 1 aromatic rings. The van der Waals surface area contributed by atoms with E-state index in [4.69, 9.17) is 16.2 Å². The van der Waals surface area contributed by atoms with Crippen LogP contribution in [0, 0.1) is 17.8 Å². The lowest BCUT2D eigenvalue weighted by molar-refractivity contribution is 0.0444. The first-order valence-corrected chi connectivity index (χ1v) is 8.51. The van der Waals surface area contributed by atoms with E-state index < -0.39 is 6.10 Å². The van der Waals surface area contributed by atoms with Crippen LogP contribution < -0.4 is 16.2 Å². The molecule has 2 rings (SSSR count). The average molecular weight is 322 g/mol. The monoisotopic (exact) mass is 322 g/mol. The maximum atomic E-state index is 10.2. The van der Waals surface area contributed by atoms with E-state index in [0.717, 1.165) is 12.8 Å². The number of hydrogen-bond acceptors (Lipinski definition) is 5. The lowest BCUT2D eigenvalue weighted by Gasteiger charge is -2.37. The summed E-state index contributed by atoms with van der Waals surface area (Å²) in [5.41, 5.74) is 12.4. The molecule has 5 nitrogen and oxygen atoms in total. The van der Waals surface area contributed by atoms with Crippen LogP contribution in [0.4, 0.5) is 5.69 Å². The molecule has 1 saturated carbocycles. The minimum atomic E-state index is -0.857. The zero-order chi connectivity index (χ0) is 17.1. The summed E-state index contributed by atoms with van der Waals surface area (Å²) in [6.45, 7) is 6.71. The van der Waals surface area contributed by atoms with E-state index in [-0.39, 0.29) is 29.8 Å². The molecule has 0 saturated heterocycles. The van der Waals surface area contributed by atoms with Gasteiger partial charge in [0.25, 0.3) is 0 Å². The van der Waals surface area contributed by atoms with Crippen LogP contribution in [0.3, 0.4) is 0 Å². The van der Waals surface area contributed by atoms with Crippen molar-refractivity contribution in [3.8, 4) is 11.5 Å². The van der Waals surface area contributed by atoms with E-state index >= 15 is 0 Å². The zero-order valence-electron chi connectivity index (χ0n) is 14.3. The molecule has 1 aliphatic carbocycles. The van der Waals surface area contributed by atoms with Gasteiger partial charge >= 0.3 is 0 Å². The Morgan fingerprint density at radius 2 is 2.00 bits per heavy atom. The van der Waals surface area contributed by atoms with Crippen LogP contribution in [0.25, 0.3) is 0 Å². The quantitative estimate of drug-likeness (QED) is 0.624. The molecule has 0 radical (unpaired) electrons. The van der Waals surface area contributed by atoms with Gasteiger partial charge in [-0.25, -0.2) is 0 Å². The molecule has 1 aliphatic rings. The minimum absolute atomic E-state index is 0.0104. The van der Waals surface area contributed by atoms with Gasteiger partial charge in [-0.1, -0.05) is 33.3 Å². The molecule has 0 heterocycles. The van der Waals surface area contributed by atoms with Gasteiger partial charge < -0.3 is 26.4 Å². The van der Waals surface area contributed by atoms with E-state index in [9.17, 15) is 10.2 Å². The number of phenols is 1. The predicted molar refractivity (Wildman–Crippen MR) is 92.3 cm³/mol. The third-order valence-corrected chi connectivity index (χ3v) is 5.02. The van der Waals surface area contributed by atoms with Gasteiger partial charge in [-0.15, -0.1) is 0 Å². The molecule has 0 aromatic heterocycles. The summed E-state index contributed by atoms with van der Waals surface area (Å²) in [6, 6.07) is 3.11. The fourth-order valence-electron chi connectivity index (χ4n) is 3.55. The van der Waals surface area contributed by atoms with Crippen molar-refractivity contribution in [3.63, 3.8) is 0 Å². The Morgan fingerprint density at radius 3 is 2.61 bits per heavy atom. The van der Waals surface area contributed by atoms with Crippen LogP contribution in [0.5, 0.6) is 11.5 Å². The van der Waals surface area contributed by atoms with Gasteiger partial charge in [0.15, 0.2) is 11.5 Å². The van der Waals surface area contributed by atoms with Crippen molar-refractivity contribution in [3.05, 3.63) is 17.7 Å². The second-order valence-electron chi connectivity index (χ2n) is 7.15. The molecule has 4 atom stereocenters. The maximum absolute atomic E-state index is 10.2. The lowest BCUT2D eigenvalue weighted by Crippen LogP contribution is -2.36. The van der Waals surface area contributed by atoms with Crippen molar-refractivity contribution in [2.75, 3.05) is 12.3 Å². The fraction of sp³-hybridized carbons (Fsp3) is 0.667. The number of phenolic OH excluding ortho intramolecular Hbond substituents is 1. The van der Waals surface area contributed by atoms with E-state index in [1.807, 2.05) is 0 Å². The van der Waals surface area contributed by atoms with E-state index in [2.05, 4.69) is 20.8 Å². The molecule has 1 aromatic carbocycles. The summed E-state index contributed by atoms with van der Waals surface area (Å²) in [5.74, 6) is 1.83. The summed E-state index contributed by atoms with van der Waals surface area (Å²) < 4.78 is 6.17. The Hall–Kier alpha value is -1.46. The Morgan fingerprint density at radius 1 is 1.30 bits per heavy atom. The molecular weight excluding hydrogens is 292 g/mol. The molecule has 6 N–H and O–H groups in total. The first kappa shape index (κ1) is 17.9. The van der Waals surface area contributed by atoms with Crippen molar-refractivity contribution < 1.29 is 14.9 Å². The number of aromatic hydroxyl groups is 1. The van der Waals surface area contributed by atoms with Gasteiger partial charge in [-0.3, -0.25) is 0 Å². The molecule has 0 bridgehead atoms. The highest BCUT2D eigenvalue weighted by atomic mass is 16.5. The Kier molecular flexibility index (Phi) is 5.76. The van der Waals surface area contributed by atoms with Gasteiger partial charge in [0, 0.05) is 12.1 Å². The van der Waals surface area contributed by atoms with Gasteiger partial charge in [0.2, 0.25) is 0 Å². The Balaban J connectivity index is 2.30. The van der Waals surface area contributed by atoms with Crippen molar-refractivity contribution in [1.29, 1.82) is 0 Å². The number of rotatable bonds is 5.